The summed E-state index contributed by atoms with van der Waals surface area (Å²) in [5.74, 6) is -0.126. The maximum atomic E-state index is 12.8. The molecule has 3 aromatic rings. The van der Waals surface area contributed by atoms with Gasteiger partial charge in [-0.2, -0.15) is 5.10 Å². The molecule has 0 saturated heterocycles. The van der Waals surface area contributed by atoms with Crippen molar-refractivity contribution >= 4 is 16.9 Å². The van der Waals surface area contributed by atoms with Crippen LogP contribution in [0.5, 0.6) is 0 Å². The minimum atomic E-state index is -0.126. The first-order chi connectivity index (χ1) is 12.0. The van der Waals surface area contributed by atoms with Crippen LogP contribution in [0.25, 0.3) is 11.0 Å². The summed E-state index contributed by atoms with van der Waals surface area (Å²) in [5.41, 5.74) is 5.04. The maximum absolute atomic E-state index is 12.8. The molecule has 0 aliphatic heterocycles. The second-order valence-corrected chi connectivity index (χ2v) is 6.10. The molecule has 1 aromatic carbocycles. The van der Waals surface area contributed by atoms with Crippen LogP contribution in [0.2, 0.25) is 0 Å². The van der Waals surface area contributed by atoms with Crippen molar-refractivity contribution in [2.75, 3.05) is 7.11 Å². The SMILES string of the molecule is COCc1ccccc1CNC(=O)c1cc(C)nc2c1c(C)nn2C. The summed E-state index contributed by atoms with van der Waals surface area (Å²) in [6.07, 6.45) is 0. The number of carbonyl (C=O) groups excluding carboxylic acids is 1. The molecule has 0 aliphatic carbocycles. The number of ether oxygens (including phenoxy) is 1. The first-order valence-corrected chi connectivity index (χ1v) is 8.16. The largest absolute Gasteiger partial charge is 0.380 e. The number of methoxy groups -OCH3 is 1. The van der Waals surface area contributed by atoms with E-state index in [0.29, 0.717) is 18.7 Å². The predicted octanol–water partition coefficient (Wildman–Crippen LogP) is 2.66. The number of amides is 1. The molecule has 6 nitrogen and oxygen atoms in total. The molecule has 1 amide bonds. The molecule has 2 aromatic heterocycles. The third-order valence-electron chi connectivity index (χ3n) is 4.20. The third-order valence-corrected chi connectivity index (χ3v) is 4.20. The molecular weight excluding hydrogens is 316 g/mol. The molecule has 2 heterocycles. The number of hydrogen-bond donors (Lipinski definition) is 1. The second-order valence-electron chi connectivity index (χ2n) is 6.10. The van der Waals surface area contributed by atoms with Gasteiger partial charge in [0.25, 0.3) is 5.91 Å². The highest BCUT2D eigenvalue weighted by molar-refractivity contribution is 6.06. The van der Waals surface area contributed by atoms with E-state index in [4.69, 9.17) is 4.74 Å². The van der Waals surface area contributed by atoms with Crippen LogP contribution in [-0.4, -0.2) is 27.8 Å². The highest BCUT2D eigenvalue weighted by atomic mass is 16.5. The zero-order valence-electron chi connectivity index (χ0n) is 15.0. The number of fused-ring (bicyclic) bond motifs is 1. The molecule has 0 bridgehead atoms. The van der Waals surface area contributed by atoms with Gasteiger partial charge in [-0.1, -0.05) is 24.3 Å². The quantitative estimate of drug-likeness (QED) is 0.776. The summed E-state index contributed by atoms with van der Waals surface area (Å²) >= 11 is 0. The van der Waals surface area contributed by atoms with Crippen LogP contribution in [0.1, 0.15) is 32.9 Å². The van der Waals surface area contributed by atoms with Crippen molar-refractivity contribution in [2.24, 2.45) is 7.05 Å². The number of aryl methyl sites for hydroxylation is 3. The second kappa shape index (κ2) is 7.03. The van der Waals surface area contributed by atoms with Crippen molar-refractivity contribution in [3.8, 4) is 0 Å². The molecule has 130 valence electrons. The zero-order chi connectivity index (χ0) is 18.0. The average Bonchev–Trinajstić information content (AvgIpc) is 2.87. The Labute approximate surface area is 146 Å². The molecule has 0 aliphatic rings. The van der Waals surface area contributed by atoms with E-state index in [1.165, 1.54) is 0 Å². The molecular formula is C19H22N4O2. The summed E-state index contributed by atoms with van der Waals surface area (Å²) < 4.78 is 6.93. The number of carbonyl (C=O) groups is 1. The standard InChI is InChI=1S/C19H22N4O2/c1-12-9-16(17-13(2)22-23(3)18(17)21-12)19(24)20-10-14-7-5-6-8-15(14)11-25-4/h5-9H,10-11H2,1-4H3,(H,20,24). The van der Waals surface area contributed by atoms with Crippen molar-refractivity contribution in [1.82, 2.24) is 20.1 Å². The van der Waals surface area contributed by atoms with Gasteiger partial charge in [-0.25, -0.2) is 4.98 Å². The van der Waals surface area contributed by atoms with Gasteiger partial charge in [0.2, 0.25) is 0 Å². The van der Waals surface area contributed by atoms with Gasteiger partial charge in [0.05, 0.1) is 23.3 Å². The summed E-state index contributed by atoms with van der Waals surface area (Å²) in [6, 6.07) is 9.74. The topological polar surface area (TPSA) is 69.0 Å². The van der Waals surface area contributed by atoms with E-state index < -0.39 is 0 Å². The van der Waals surface area contributed by atoms with Gasteiger partial charge in [0.15, 0.2) is 5.65 Å². The highest BCUT2D eigenvalue weighted by Gasteiger charge is 2.17. The van der Waals surface area contributed by atoms with Crippen molar-refractivity contribution in [2.45, 2.75) is 27.0 Å². The Morgan fingerprint density at radius 3 is 2.68 bits per heavy atom. The molecule has 0 atom stereocenters. The van der Waals surface area contributed by atoms with E-state index in [-0.39, 0.29) is 5.91 Å². The van der Waals surface area contributed by atoms with Gasteiger partial charge >= 0.3 is 0 Å². The fourth-order valence-corrected chi connectivity index (χ4v) is 3.05. The first kappa shape index (κ1) is 17.1. The van der Waals surface area contributed by atoms with E-state index in [1.54, 1.807) is 11.8 Å². The van der Waals surface area contributed by atoms with Gasteiger partial charge in [0.1, 0.15) is 0 Å². The Balaban J connectivity index is 1.89. The number of benzene rings is 1. The fourth-order valence-electron chi connectivity index (χ4n) is 3.05. The molecule has 0 radical (unpaired) electrons. The highest BCUT2D eigenvalue weighted by Crippen LogP contribution is 2.21. The molecule has 25 heavy (non-hydrogen) atoms. The van der Waals surface area contributed by atoms with Crippen LogP contribution in [-0.2, 0) is 24.9 Å². The number of nitrogens with one attached hydrogen (secondary N) is 1. The van der Waals surface area contributed by atoms with Crippen molar-refractivity contribution < 1.29 is 9.53 Å². The average molecular weight is 338 g/mol. The Bertz CT molecular complexity index is 931. The summed E-state index contributed by atoms with van der Waals surface area (Å²) in [6.45, 7) is 4.74. The summed E-state index contributed by atoms with van der Waals surface area (Å²) in [7, 11) is 3.50. The molecule has 3 rings (SSSR count). The van der Waals surface area contributed by atoms with Crippen LogP contribution in [0.4, 0.5) is 0 Å². The summed E-state index contributed by atoms with van der Waals surface area (Å²) in [5, 5.41) is 8.20. The normalized spacial score (nSPS) is 11.0. The lowest BCUT2D eigenvalue weighted by Gasteiger charge is -2.11. The molecule has 1 N–H and O–H groups in total. The minimum Gasteiger partial charge on any atom is -0.380 e. The van der Waals surface area contributed by atoms with Crippen molar-refractivity contribution in [3.63, 3.8) is 0 Å². The lowest BCUT2D eigenvalue weighted by molar-refractivity contribution is 0.0952. The monoisotopic (exact) mass is 338 g/mol. The smallest absolute Gasteiger partial charge is 0.252 e. The van der Waals surface area contributed by atoms with E-state index in [2.05, 4.69) is 15.4 Å². The Hall–Kier alpha value is -2.73. The third kappa shape index (κ3) is 3.39. The van der Waals surface area contributed by atoms with Gasteiger partial charge in [-0.05, 0) is 31.0 Å². The maximum Gasteiger partial charge on any atom is 0.252 e. The van der Waals surface area contributed by atoms with E-state index in [9.17, 15) is 4.79 Å². The molecule has 0 spiro atoms. The lowest BCUT2D eigenvalue weighted by atomic mass is 10.1. The first-order valence-electron chi connectivity index (χ1n) is 8.16. The summed E-state index contributed by atoms with van der Waals surface area (Å²) in [4.78, 5) is 17.3. The minimum absolute atomic E-state index is 0.126. The van der Waals surface area contributed by atoms with E-state index >= 15 is 0 Å². The van der Waals surface area contributed by atoms with Crippen molar-refractivity contribution in [3.05, 3.63) is 58.4 Å². The molecule has 0 fully saturated rings. The van der Waals surface area contributed by atoms with Gasteiger partial charge < -0.3 is 10.1 Å². The number of hydrogen-bond acceptors (Lipinski definition) is 4. The molecule has 0 saturated carbocycles. The van der Waals surface area contributed by atoms with Crippen LogP contribution in [0.3, 0.4) is 0 Å². The van der Waals surface area contributed by atoms with Crippen molar-refractivity contribution in [1.29, 1.82) is 0 Å². The fraction of sp³-hybridized carbons (Fsp3) is 0.316. The number of pyridine rings is 1. The van der Waals surface area contributed by atoms with Crippen LogP contribution in [0, 0.1) is 13.8 Å². The van der Waals surface area contributed by atoms with Crippen LogP contribution in [0.15, 0.2) is 30.3 Å². The Morgan fingerprint density at radius 2 is 1.96 bits per heavy atom. The Morgan fingerprint density at radius 1 is 1.24 bits per heavy atom. The number of nitrogens with zero attached hydrogens (tertiary/aromatic N) is 3. The number of rotatable bonds is 5. The van der Waals surface area contributed by atoms with Crippen LogP contribution < -0.4 is 5.32 Å². The molecule has 6 heteroatoms. The van der Waals surface area contributed by atoms with E-state index in [0.717, 1.165) is 33.5 Å². The Kier molecular flexibility index (Phi) is 4.81. The zero-order valence-corrected chi connectivity index (χ0v) is 15.0. The van der Waals surface area contributed by atoms with E-state index in [1.807, 2.05) is 51.2 Å². The van der Waals surface area contributed by atoms with Gasteiger partial charge in [0, 0.05) is 26.4 Å². The van der Waals surface area contributed by atoms with Gasteiger partial charge in [-0.3, -0.25) is 9.48 Å². The molecule has 0 unspecified atom stereocenters. The van der Waals surface area contributed by atoms with Gasteiger partial charge in [-0.15, -0.1) is 0 Å². The lowest BCUT2D eigenvalue weighted by Crippen LogP contribution is -2.24. The van der Waals surface area contributed by atoms with Crippen LogP contribution >= 0.6 is 0 Å². The number of aromatic nitrogens is 3. The predicted molar refractivity (Wildman–Crippen MR) is 96.3 cm³/mol.